The third kappa shape index (κ3) is 4.53. The number of morpholine rings is 1. The van der Waals surface area contributed by atoms with Crippen LogP contribution in [0.1, 0.15) is 27.0 Å². The summed E-state index contributed by atoms with van der Waals surface area (Å²) in [4.78, 5) is 14.5. The Hall–Kier alpha value is -1.43. The predicted octanol–water partition coefficient (Wildman–Crippen LogP) is 1.03. The largest absolute Gasteiger partial charge is 0.390 e. The molecule has 0 bridgehead atoms. The van der Waals surface area contributed by atoms with Gasteiger partial charge in [0.1, 0.15) is 0 Å². The van der Waals surface area contributed by atoms with E-state index in [0.29, 0.717) is 25.3 Å². The number of carbonyl (C=O) groups excluding carboxylic acids is 1. The van der Waals surface area contributed by atoms with Gasteiger partial charge >= 0.3 is 0 Å². The number of benzene rings is 1. The molecule has 0 aliphatic carbocycles. The average Bonchev–Trinajstić information content (AvgIpc) is 2.45. The normalized spacial score (nSPS) is 17.3. The first kappa shape index (κ1) is 16.9. The van der Waals surface area contributed by atoms with Gasteiger partial charge in [0.05, 0.1) is 19.3 Å². The van der Waals surface area contributed by atoms with Gasteiger partial charge in [-0.05, 0) is 31.9 Å². The van der Waals surface area contributed by atoms with Crippen molar-refractivity contribution >= 4 is 5.91 Å². The van der Waals surface area contributed by atoms with Gasteiger partial charge in [-0.3, -0.25) is 9.69 Å². The fourth-order valence-corrected chi connectivity index (χ4v) is 2.98. The van der Waals surface area contributed by atoms with Crippen molar-refractivity contribution in [3.63, 3.8) is 0 Å². The number of hydrogen-bond acceptors (Lipinski definition) is 4. The molecule has 2 rings (SSSR count). The monoisotopic (exact) mass is 306 g/mol. The van der Waals surface area contributed by atoms with E-state index in [9.17, 15) is 9.90 Å². The van der Waals surface area contributed by atoms with Crippen LogP contribution in [0.2, 0.25) is 0 Å². The van der Waals surface area contributed by atoms with Crippen molar-refractivity contribution in [2.24, 2.45) is 0 Å². The molecule has 1 heterocycles. The number of hydrogen-bond donors (Lipinski definition) is 2. The van der Waals surface area contributed by atoms with Crippen LogP contribution in [0, 0.1) is 20.8 Å². The number of β-amino-alcohol motifs (C(OH)–C–C–N with tert-alkyl or cyclic N) is 1. The first-order chi connectivity index (χ1) is 10.5. The smallest absolute Gasteiger partial charge is 0.251 e. The Morgan fingerprint density at radius 3 is 2.45 bits per heavy atom. The lowest BCUT2D eigenvalue weighted by molar-refractivity contribution is 0.0149. The number of carbonyl (C=O) groups is 1. The number of nitrogens with zero attached hydrogens (tertiary/aromatic N) is 1. The van der Waals surface area contributed by atoms with E-state index in [4.69, 9.17) is 4.74 Å². The van der Waals surface area contributed by atoms with E-state index in [2.05, 4.69) is 10.2 Å². The van der Waals surface area contributed by atoms with E-state index in [0.717, 1.165) is 29.8 Å². The van der Waals surface area contributed by atoms with Gasteiger partial charge in [-0.15, -0.1) is 0 Å². The van der Waals surface area contributed by atoms with E-state index in [1.807, 2.05) is 32.9 Å². The van der Waals surface area contributed by atoms with Gasteiger partial charge < -0.3 is 15.2 Å². The molecule has 1 aromatic carbocycles. The lowest BCUT2D eigenvalue weighted by Gasteiger charge is -2.28. The number of nitrogens with one attached hydrogen (secondary N) is 1. The summed E-state index contributed by atoms with van der Waals surface area (Å²) in [5.74, 6) is -0.115. The summed E-state index contributed by atoms with van der Waals surface area (Å²) in [6.07, 6.45) is -0.562. The lowest BCUT2D eigenvalue weighted by atomic mass is 9.99. The molecule has 1 unspecified atom stereocenters. The second-order valence-corrected chi connectivity index (χ2v) is 6.05. The summed E-state index contributed by atoms with van der Waals surface area (Å²) in [5.41, 5.74) is 3.80. The molecule has 1 fully saturated rings. The number of rotatable bonds is 5. The van der Waals surface area contributed by atoms with Gasteiger partial charge in [-0.1, -0.05) is 17.7 Å². The standard InChI is InChI=1S/C17H26N2O3/c1-12-8-13(2)16(14(3)9-12)17(21)18-10-15(20)11-19-4-6-22-7-5-19/h8-9,15,20H,4-7,10-11H2,1-3H3,(H,18,21). The molecule has 1 amide bonds. The molecule has 0 radical (unpaired) electrons. The van der Waals surface area contributed by atoms with Crippen LogP contribution in [0.25, 0.3) is 0 Å². The van der Waals surface area contributed by atoms with Crippen molar-refractivity contribution in [1.29, 1.82) is 0 Å². The maximum atomic E-state index is 12.3. The zero-order valence-corrected chi connectivity index (χ0v) is 13.7. The number of amides is 1. The number of aliphatic hydroxyl groups excluding tert-OH is 1. The van der Waals surface area contributed by atoms with Gasteiger partial charge in [0.25, 0.3) is 5.91 Å². The van der Waals surface area contributed by atoms with Crippen LogP contribution in [0.4, 0.5) is 0 Å². The summed E-state index contributed by atoms with van der Waals surface area (Å²) >= 11 is 0. The van der Waals surface area contributed by atoms with E-state index < -0.39 is 6.10 Å². The molecule has 0 saturated carbocycles. The van der Waals surface area contributed by atoms with Crippen LogP contribution in [0.15, 0.2) is 12.1 Å². The van der Waals surface area contributed by atoms with Crippen LogP contribution < -0.4 is 5.32 Å². The van der Waals surface area contributed by atoms with Gasteiger partial charge in [0.15, 0.2) is 0 Å². The van der Waals surface area contributed by atoms with Crippen LogP contribution in [-0.4, -0.2) is 61.4 Å². The number of aliphatic hydroxyl groups is 1. The summed E-state index contributed by atoms with van der Waals surface area (Å²) in [6, 6.07) is 4.01. The number of ether oxygens (including phenoxy) is 1. The van der Waals surface area contributed by atoms with Crippen LogP contribution in [-0.2, 0) is 4.74 Å². The Balaban J connectivity index is 1.87. The Kier molecular flexibility index (Phi) is 5.94. The van der Waals surface area contributed by atoms with Gasteiger partial charge in [0.2, 0.25) is 0 Å². The third-order valence-electron chi connectivity index (χ3n) is 3.97. The fraction of sp³-hybridized carbons (Fsp3) is 0.588. The molecule has 5 nitrogen and oxygen atoms in total. The van der Waals surface area contributed by atoms with Crippen molar-refractivity contribution in [2.75, 3.05) is 39.4 Å². The van der Waals surface area contributed by atoms with Gasteiger partial charge in [0, 0.05) is 31.7 Å². The molecule has 1 atom stereocenters. The maximum Gasteiger partial charge on any atom is 0.251 e. The Labute approximate surface area is 132 Å². The van der Waals surface area contributed by atoms with Crippen molar-refractivity contribution in [3.05, 3.63) is 34.4 Å². The summed E-state index contributed by atoms with van der Waals surface area (Å²) in [5, 5.41) is 12.9. The molecule has 1 aromatic rings. The highest BCUT2D eigenvalue weighted by Crippen LogP contribution is 2.16. The Morgan fingerprint density at radius 1 is 1.27 bits per heavy atom. The summed E-state index contributed by atoms with van der Waals surface area (Å²) < 4.78 is 5.28. The zero-order valence-electron chi connectivity index (χ0n) is 13.7. The van der Waals surface area contributed by atoms with E-state index in [1.54, 1.807) is 0 Å². The van der Waals surface area contributed by atoms with E-state index in [1.165, 1.54) is 0 Å². The van der Waals surface area contributed by atoms with Crippen LogP contribution in [0.3, 0.4) is 0 Å². The molecular weight excluding hydrogens is 280 g/mol. The molecule has 1 saturated heterocycles. The molecule has 22 heavy (non-hydrogen) atoms. The summed E-state index contributed by atoms with van der Waals surface area (Å²) in [6.45, 7) is 9.83. The van der Waals surface area contributed by atoms with Crippen molar-refractivity contribution in [2.45, 2.75) is 26.9 Å². The SMILES string of the molecule is Cc1cc(C)c(C(=O)NCC(O)CN2CCOCC2)c(C)c1. The second-order valence-electron chi connectivity index (χ2n) is 6.05. The van der Waals surface area contributed by atoms with Gasteiger partial charge in [-0.2, -0.15) is 0 Å². The quantitative estimate of drug-likeness (QED) is 0.853. The lowest BCUT2D eigenvalue weighted by Crippen LogP contribution is -2.44. The third-order valence-corrected chi connectivity index (χ3v) is 3.97. The molecule has 1 aliphatic heterocycles. The first-order valence-corrected chi connectivity index (χ1v) is 7.81. The van der Waals surface area contributed by atoms with Crippen LogP contribution in [0.5, 0.6) is 0 Å². The maximum absolute atomic E-state index is 12.3. The van der Waals surface area contributed by atoms with Gasteiger partial charge in [-0.25, -0.2) is 0 Å². The molecule has 0 spiro atoms. The molecule has 122 valence electrons. The van der Waals surface area contributed by atoms with E-state index >= 15 is 0 Å². The van der Waals surface area contributed by atoms with Crippen LogP contribution >= 0.6 is 0 Å². The Bertz CT molecular complexity index is 502. The fourth-order valence-electron chi connectivity index (χ4n) is 2.98. The highest BCUT2D eigenvalue weighted by molar-refractivity contribution is 5.97. The molecular formula is C17H26N2O3. The minimum Gasteiger partial charge on any atom is -0.390 e. The second kappa shape index (κ2) is 7.72. The molecule has 0 aromatic heterocycles. The first-order valence-electron chi connectivity index (χ1n) is 7.81. The number of aryl methyl sites for hydroxylation is 3. The Morgan fingerprint density at radius 2 is 1.86 bits per heavy atom. The molecule has 5 heteroatoms. The minimum atomic E-state index is -0.562. The minimum absolute atomic E-state index is 0.115. The zero-order chi connectivity index (χ0) is 16.1. The van der Waals surface area contributed by atoms with Crippen molar-refractivity contribution < 1.29 is 14.6 Å². The highest BCUT2D eigenvalue weighted by Gasteiger charge is 2.17. The van der Waals surface area contributed by atoms with E-state index in [-0.39, 0.29) is 12.5 Å². The van der Waals surface area contributed by atoms with Crippen molar-refractivity contribution in [3.8, 4) is 0 Å². The average molecular weight is 306 g/mol. The predicted molar refractivity (Wildman–Crippen MR) is 86.3 cm³/mol. The highest BCUT2D eigenvalue weighted by atomic mass is 16.5. The topological polar surface area (TPSA) is 61.8 Å². The molecule has 2 N–H and O–H groups in total. The van der Waals surface area contributed by atoms with Crippen molar-refractivity contribution in [1.82, 2.24) is 10.2 Å². The molecule has 1 aliphatic rings. The summed E-state index contributed by atoms with van der Waals surface area (Å²) in [7, 11) is 0.